The van der Waals surface area contributed by atoms with Gasteiger partial charge in [0.2, 0.25) is 0 Å². The fourth-order valence-corrected chi connectivity index (χ4v) is 13.2. The van der Waals surface area contributed by atoms with Crippen molar-refractivity contribution in [3.8, 4) is 0 Å². The van der Waals surface area contributed by atoms with E-state index < -0.39 is 15.8 Å². The molecule has 4 aromatic carbocycles. The van der Waals surface area contributed by atoms with Crippen LogP contribution in [0.1, 0.15) is 64.3 Å². The van der Waals surface area contributed by atoms with E-state index in [1.165, 1.54) is 65.7 Å². The predicted octanol–water partition coefficient (Wildman–Crippen LogP) is 10.8. The van der Waals surface area contributed by atoms with Gasteiger partial charge in [-0.15, -0.1) is 0 Å². The molecular formula is C44H50FeP2. The van der Waals surface area contributed by atoms with Crippen molar-refractivity contribution in [3.63, 3.8) is 0 Å². The number of aryl methyl sites for hydroxylation is 8. The number of hydrogen-bond acceptors (Lipinski definition) is 0. The van der Waals surface area contributed by atoms with Crippen molar-refractivity contribution in [2.24, 2.45) is 0 Å². The Morgan fingerprint density at radius 1 is 0.447 bits per heavy atom. The van der Waals surface area contributed by atoms with Crippen molar-refractivity contribution < 1.29 is 17.1 Å². The van der Waals surface area contributed by atoms with Crippen LogP contribution in [0.15, 0.2) is 120 Å². The van der Waals surface area contributed by atoms with E-state index in [0.29, 0.717) is 5.66 Å². The van der Waals surface area contributed by atoms with Crippen molar-refractivity contribution in [1.29, 1.82) is 0 Å². The monoisotopic (exact) mass is 696 g/mol. The number of rotatable bonds is 7. The van der Waals surface area contributed by atoms with Gasteiger partial charge in [-0.1, -0.05) is 161 Å². The minimum Gasteiger partial charge on any atom is -0.0808 e. The van der Waals surface area contributed by atoms with Gasteiger partial charge in [-0.3, -0.25) is 0 Å². The molecule has 0 saturated heterocycles. The molecule has 2 aliphatic rings. The van der Waals surface area contributed by atoms with Gasteiger partial charge in [0.05, 0.1) is 0 Å². The molecule has 3 heteroatoms. The topological polar surface area (TPSA) is 0 Å². The van der Waals surface area contributed by atoms with E-state index in [9.17, 15) is 0 Å². The third-order valence-corrected chi connectivity index (χ3v) is 13.7. The first-order chi connectivity index (χ1) is 22.0. The quantitative estimate of drug-likeness (QED) is 0.133. The normalized spacial score (nSPS) is 14.1. The molecule has 47 heavy (non-hydrogen) atoms. The summed E-state index contributed by atoms with van der Waals surface area (Å²) >= 11 is 0. The van der Waals surface area contributed by atoms with E-state index in [-0.39, 0.29) is 17.1 Å². The molecular weight excluding hydrogens is 646 g/mol. The molecule has 0 amide bonds. The number of benzene rings is 4. The largest absolute Gasteiger partial charge is 0.0808 e. The first kappa shape index (κ1) is 37.0. The third kappa shape index (κ3) is 9.44. The minimum absolute atomic E-state index is 0. The van der Waals surface area contributed by atoms with Gasteiger partial charge >= 0.3 is 0 Å². The number of hydrogen-bond donors (Lipinski definition) is 0. The molecule has 0 aliphatic heterocycles. The molecule has 0 nitrogen and oxygen atoms in total. The van der Waals surface area contributed by atoms with Crippen molar-refractivity contribution in [2.75, 3.05) is 0 Å². The molecule has 0 fully saturated rings. The van der Waals surface area contributed by atoms with Crippen LogP contribution in [0.4, 0.5) is 0 Å². The Bertz CT molecular complexity index is 1660. The maximum absolute atomic E-state index is 2.55. The van der Waals surface area contributed by atoms with Gasteiger partial charge in [0, 0.05) is 22.7 Å². The minimum atomic E-state index is -0.673. The van der Waals surface area contributed by atoms with Crippen molar-refractivity contribution in [2.45, 2.75) is 80.8 Å². The summed E-state index contributed by atoms with van der Waals surface area (Å²) < 4.78 is 0. The first-order valence-corrected chi connectivity index (χ1v) is 19.4. The molecule has 0 unspecified atom stereocenters. The molecule has 0 bridgehead atoms. The zero-order valence-corrected chi connectivity index (χ0v) is 32.5. The molecule has 4 aromatic rings. The molecule has 1 atom stereocenters. The Labute approximate surface area is 298 Å². The summed E-state index contributed by atoms with van der Waals surface area (Å²) in [4.78, 5) is 0. The second kappa shape index (κ2) is 16.6. The third-order valence-electron chi connectivity index (χ3n) is 8.58. The Morgan fingerprint density at radius 3 is 1.11 bits per heavy atom. The summed E-state index contributed by atoms with van der Waals surface area (Å²) in [6.45, 7) is 20.5. The molecule has 0 heterocycles. The fourth-order valence-electron chi connectivity index (χ4n) is 7.02. The molecule has 244 valence electrons. The van der Waals surface area contributed by atoms with Crippen LogP contribution < -0.4 is 21.2 Å². The summed E-state index contributed by atoms with van der Waals surface area (Å²) in [6, 6.07) is 28.8. The first-order valence-electron chi connectivity index (χ1n) is 16.6. The molecule has 0 radical (unpaired) electrons. The maximum atomic E-state index is 2.55. The van der Waals surface area contributed by atoms with Crippen LogP contribution in [0.5, 0.6) is 0 Å². The second-order valence-electron chi connectivity index (χ2n) is 13.3. The SMILES string of the molecule is C1=CCC=C1.Cc1cc(C)cc(P(C2=CCC=C2[C@H](C)P(c2cc(C)cc(C)c2)c2cc(C)cc(C)c2)c2cc(C)cc(C)c2)c1.[Fe]. The van der Waals surface area contributed by atoms with Gasteiger partial charge in [-0.2, -0.15) is 0 Å². The van der Waals surface area contributed by atoms with E-state index in [4.69, 9.17) is 0 Å². The summed E-state index contributed by atoms with van der Waals surface area (Å²) in [5.74, 6) is 0. The summed E-state index contributed by atoms with van der Waals surface area (Å²) in [5, 5.41) is 7.48. The van der Waals surface area contributed by atoms with Crippen LogP contribution in [0.3, 0.4) is 0 Å². The number of allylic oxidation sites excluding steroid dienone is 8. The van der Waals surface area contributed by atoms with Gasteiger partial charge in [0.15, 0.2) is 0 Å². The van der Waals surface area contributed by atoms with Gasteiger partial charge in [-0.05, 0) is 116 Å². The van der Waals surface area contributed by atoms with Crippen molar-refractivity contribution in [1.82, 2.24) is 0 Å². The molecule has 6 rings (SSSR count). The van der Waals surface area contributed by atoms with Crippen molar-refractivity contribution >= 4 is 37.1 Å². The van der Waals surface area contributed by atoms with Crippen LogP contribution in [0.25, 0.3) is 0 Å². The van der Waals surface area contributed by atoms with Crippen LogP contribution in [0, 0.1) is 55.4 Å². The van der Waals surface area contributed by atoms with Gasteiger partial charge in [0.1, 0.15) is 0 Å². The fraction of sp³-hybridized carbons (Fsp3) is 0.273. The molecule has 0 N–H and O–H groups in total. The van der Waals surface area contributed by atoms with Crippen LogP contribution in [0.2, 0.25) is 0 Å². The molecule has 0 spiro atoms. The van der Waals surface area contributed by atoms with Crippen LogP contribution >= 0.6 is 15.8 Å². The Kier molecular flexibility index (Phi) is 13.0. The Morgan fingerprint density at radius 2 is 0.787 bits per heavy atom. The standard InChI is InChI=1S/C39H44P2.C5H6.Fe/c1-25-13-26(2)18-34(17-25)40(35-19-27(3)14-28(4)20-35)33(9)38-11-10-12-39(38)41(36-21-29(5)15-30(6)22-36)37-23-31(7)16-32(8)24-37;1-2-4-5-3-1;/h11-24,33H,10H2,1-9H3;1-4H,5H2;/t33-;;/m0../s1. The Hall–Kier alpha value is -2.78. The van der Waals surface area contributed by atoms with Gasteiger partial charge in [-0.25, -0.2) is 0 Å². The summed E-state index contributed by atoms with van der Waals surface area (Å²) in [5.41, 5.74) is 12.8. The second-order valence-corrected chi connectivity index (χ2v) is 18.1. The van der Waals surface area contributed by atoms with Gasteiger partial charge in [0.25, 0.3) is 0 Å². The smallest absolute Gasteiger partial charge is 0.00970 e. The molecule has 0 saturated carbocycles. The zero-order chi connectivity index (χ0) is 33.0. The maximum Gasteiger partial charge on any atom is 0.00970 e. The van der Waals surface area contributed by atoms with Crippen LogP contribution in [-0.4, -0.2) is 5.66 Å². The summed E-state index contributed by atoms with van der Waals surface area (Å²) in [7, 11) is -1.27. The molecule has 2 aliphatic carbocycles. The molecule has 0 aromatic heterocycles. The summed E-state index contributed by atoms with van der Waals surface area (Å²) in [6.07, 6.45) is 15.6. The van der Waals surface area contributed by atoms with E-state index in [2.05, 4.69) is 172 Å². The zero-order valence-electron chi connectivity index (χ0n) is 29.6. The van der Waals surface area contributed by atoms with E-state index in [1.807, 2.05) is 0 Å². The van der Waals surface area contributed by atoms with E-state index in [1.54, 1.807) is 10.9 Å². The van der Waals surface area contributed by atoms with E-state index in [0.717, 1.165) is 12.8 Å². The van der Waals surface area contributed by atoms with Crippen LogP contribution in [-0.2, 0) is 17.1 Å². The average Bonchev–Trinajstić information content (AvgIpc) is 3.68. The predicted molar refractivity (Wildman–Crippen MR) is 209 cm³/mol. The van der Waals surface area contributed by atoms with Crippen molar-refractivity contribution in [3.05, 3.63) is 165 Å². The van der Waals surface area contributed by atoms with E-state index >= 15 is 0 Å². The van der Waals surface area contributed by atoms with Gasteiger partial charge < -0.3 is 0 Å². The average molecular weight is 697 g/mol. The Balaban J connectivity index is 0.000000762.